The molecule has 0 aliphatic rings. The monoisotopic (exact) mass is 628 g/mol. The number of benzene rings is 7. The Hall–Kier alpha value is -6.65. The number of hydrogen-bond acceptors (Lipinski definition) is 4. The van der Waals surface area contributed by atoms with E-state index < -0.39 is 0 Å². The molecule has 49 heavy (non-hydrogen) atoms. The molecule has 4 nitrogen and oxygen atoms in total. The molecule has 0 fully saturated rings. The van der Waals surface area contributed by atoms with Gasteiger partial charge in [-0.2, -0.15) is 0 Å². The van der Waals surface area contributed by atoms with Gasteiger partial charge in [-0.3, -0.25) is 4.98 Å². The van der Waals surface area contributed by atoms with E-state index in [1.165, 1.54) is 0 Å². The van der Waals surface area contributed by atoms with E-state index in [2.05, 4.69) is 132 Å². The van der Waals surface area contributed by atoms with Crippen molar-refractivity contribution in [1.29, 1.82) is 0 Å². The van der Waals surface area contributed by atoms with Crippen molar-refractivity contribution in [2.24, 2.45) is 0 Å². The Balaban J connectivity index is 1.23. The summed E-state index contributed by atoms with van der Waals surface area (Å²) in [5, 5.41) is 6.59. The van der Waals surface area contributed by atoms with Crippen molar-refractivity contribution in [3.63, 3.8) is 0 Å². The highest BCUT2D eigenvalue weighted by Gasteiger charge is 2.24. The SMILES string of the molecule is c1ccc(-c2ccc(-c3cccc4oc5cc(N(c6ccccc6)c6cccc7c6oc6ccccc67)c6ccccc6c5c34)cn2)cc1. The van der Waals surface area contributed by atoms with Crippen molar-refractivity contribution in [3.8, 4) is 22.4 Å². The summed E-state index contributed by atoms with van der Waals surface area (Å²) >= 11 is 0. The second-order valence-electron chi connectivity index (χ2n) is 12.3. The molecular weight excluding hydrogens is 601 g/mol. The van der Waals surface area contributed by atoms with Crippen LogP contribution >= 0.6 is 0 Å². The molecule has 10 aromatic rings. The minimum Gasteiger partial charge on any atom is -0.456 e. The van der Waals surface area contributed by atoms with Crippen LogP contribution in [-0.2, 0) is 0 Å². The molecule has 0 saturated carbocycles. The van der Waals surface area contributed by atoms with Gasteiger partial charge in [-0.25, -0.2) is 0 Å². The van der Waals surface area contributed by atoms with Crippen LogP contribution in [0.25, 0.3) is 77.0 Å². The fourth-order valence-corrected chi connectivity index (χ4v) is 7.31. The number of rotatable bonds is 5. The Morgan fingerprint density at radius 1 is 0.429 bits per heavy atom. The summed E-state index contributed by atoms with van der Waals surface area (Å²) in [4.78, 5) is 7.16. The lowest BCUT2D eigenvalue weighted by Crippen LogP contribution is -2.10. The highest BCUT2D eigenvalue weighted by atomic mass is 16.3. The Labute approximate surface area is 282 Å². The van der Waals surface area contributed by atoms with Crippen LogP contribution in [0.3, 0.4) is 0 Å². The predicted octanol–water partition coefficient (Wildman–Crippen LogP) is 12.8. The standard InChI is InChI=1S/C45H28N2O2/c1-3-13-29(14-4-1)37-26-25-30(28-46-37)32-20-12-24-41-43(32)44-35-19-8-7-17-33(35)39(27-42(44)48-41)47(31-15-5-2-6-16-31)38-22-11-21-36-34-18-9-10-23-40(34)49-45(36)38/h1-28H. The summed E-state index contributed by atoms with van der Waals surface area (Å²) in [7, 11) is 0. The lowest BCUT2D eigenvalue weighted by molar-refractivity contribution is 0.667. The van der Waals surface area contributed by atoms with Crippen molar-refractivity contribution >= 4 is 71.7 Å². The highest BCUT2D eigenvalue weighted by molar-refractivity contribution is 6.26. The zero-order valence-electron chi connectivity index (χ0n) is 26.4. The molecule has 3 aromatic heterocycles. The van der Waals surface area contributed by atoms with Gasteiger partial charge in [-0.15, -0.1) is 0 Å². The van der Waals surface area contributed by atoms with Crippen molar-refractivity contribution in [3.05, 3.63) is 170 Å². The molecule has 7 aromatic carbocycles. The van der Waals surface area contributed by atoms with E-state index in [1.54, 1.807) is 0 Å². The molecule has 0 N–H and O–H groups in total. The number of fused-ring (bicyclic) bond motifs is 8. The van der Waals surface area contributed by atoms with E-state index in [1.807, 2.05) is 42.6 Å². The Morgan fingerprint density at radius 3 is 1.94 bits per heavy atom. The van der Waals surface area contributed by atoms with E-state index in [0.717, 1.165) is 94.1 Å². The third-order valence-corrected chi connectivity index (χ3v) is 9.51. The summed E-state index contributed by atoms with van der Waals surface area (Å²) in [5.41, 5.74) is 10.6. The minimum absolute atomic E-state index is 0.822. The van der Waals surface area contributed by atoms with Gasteiger partial charge in [0.15, 0.2) is 5.58 Å². The molecule has 0 saturated heterocycles. The zero-order valence-corrected chi connectivity index (χ0v) is 26.4. The first kappa shape index (κ1) is 27.5. The zero-order chi connectivity index (χ0) is 32.3. The predicted molar refractivity (Wildman–Crippen MR) is 202 cm³/mol. The first-order chi connectivity index (χ1) is 24.3. The number of para-hydroxylation sites is 3. The molecule has 0 atom stereocenters. The molecule has 0 unspecified atom stereocenters. The maximum atomic E-state index is 6.74. The van der Waals surface area contributed by atoms with Crippen molar-refractivity contribution in [2.45, 2.75) is 0 Å². The Bertz CT molecular complexity index is 2820. The molecule has 0 amide bonds. The maximum absolute atomic E-state index is 6.74. The number of furan rings is 2. The molecule has 3 heterocycles. The van der Waals surface area contributed by atoms with Crippen molar-refractivity contribution < 1.29 is 8.83 Å². The number of aromatic nitrogens is 1. The van der Waals surface area contributed by atoms with Crippen LogP contribution < -0.4 is 4.90 Å². The van der Waals surface area contributed by atoms with Gasteiger partial charge in [0, 0.05) is 56.0 Å². The third-order valence-electron chi connectivity index (χ3n) is 9.51. The fraction of sp³-hybridized carbons (Fsp3) is 0. The van der Waals surface area contributed by atoms with E-state index in [0.29, 0.717) is 0 Å². The van der Waals surface area contributed by atoms with E-state index in [9.17, 15) is 0 Å². The van der Waals surface area contributed by atoms with Crippen molar-refractivity contribution in [1.82, 2.24) is 4.98 Å². The van der Waals surface area contributed by atoms with E-state index in [4.69, 9.17) is 13.8 Å². The van der Waals surface area contributed by atoms with Gasteiger partial charge in [0.05, 0.1) is 17.1 Å². The molecule has 0 aliphatic heterocycles. The van der Waals surface area contributed by atoms with Crippen LogP contribution in [0.2, 0.25) is 0 Å². The van der Waals surface area contributed by atoms with E-state index in [-0.39, 0.29) is 0 Å². The second-order valence-corrected chi connectivity index (χ2v) is 12.3. The van der Waals surface area contributed by atoms with Crippen LogP contribution in [-0.4, -0.2) is 4.98 Å². The fourth-order valence-electron chi connectivity index (χ4n) is 7.31. The van der Waals surface area contributed by atoms with Crippen LogP contribution in [0.5, 0.6) is 0 Å². The maximum Gasteiger partial charge on any atom is 0.159 e. The lowest BCUT2D eigenvalue weighted by atomic mass is 9.96. The minimum atomic E-state index is 0.822. The summed E-state index contributed by atoms with van der Waals surface area (Å²) in [6.07, 6.45) is 1.97. The largest absolute Gasteiger partial charge is 0.456 e. The quantitative estimate of drug-likeness (QED) is 0.190. The number of anilines is 3. The molecule has 10 rings (SSSR count). The number of nitrogens with zero attached hydrogens (tertiary/aromatic N) is 2. The molecule has 0 spiro atoms. The van der Waals surface area contributed by atoms with Crippen LogP contribution in [0.4, 0.5) is 17.1 Å². The van der Waals surface area contributed by atoms with Gasteiger partial charge in [0.1, 0.15) is 16.7 Å². The van der Waals surface area contributed by atoms with Gasteiger partial charge in [0.25, 0.3) is 0 Å². The average Bonchev–Trinajstić information content (AvgIpc) is 3.75. The molecule has 0 bridgehead atoms. The summed E-state index contributed by atoms with van der Waals surface area (Å²) < 4.78 is 13.3. The van der Waals surface area contributed by atoms with Gasteiger partial charge in [0.2, 0.25) is 0 Å². The molecule has 4 heteroatoms. The van der Waals surface area contributed by atoms with Gasteiger partial charge < -0.3 is 13.7 Å². The van der Waals surface area contributed by atoms with Crippen LogP contribution in [0.15, 0.2) is 179 Å². The van der Waals surface area contributed by atoms with Crippen molar-refractivity contribution in [2.75, 3.05) is 4.90 Å². The molecule has 0 aliphatic carbocycles. The number of hydrogen-bond donors (Lipinski definition) is 0. The Morgan fingerprint density at radius 2 is 1.12 bits per heavy atom. The van der Waals surface area contributed by atoms with Crippen LogP contribution in [0, 0.1) is 0 Å². The topological polar surface area (TPSA) is 42.4 Å². The first-order valence-corrected chi connectivity index (χ1v) is 16.5. The average molecular weight is 629 g/mol. The summed E-state index contributed by atoms with van der Waals surface area (Å²) in [6, 6.07) is 56.7. The van der Waals surface area contributed by atoms with Gasteiger partial charge >= 0.3 is 0 Å². The smallest absolute Gasteiger partial charge is 0.159 e. The molecular formula is C45H28N2O2. The molecule has 230 valence electrons. The Kier molecular flexibility index (Phi) is 6.15. The first-order valence-electron chi connectivity index (χ1n) is 16.5. The highest BCUT2D eigenvalue weighted by Crippen LogP contribution is 2.48. The third kappa shape index (κ3) is 4.35. The summed E-state index contributed by atoms with van der Waals surface area (Å²) in [6.45, 7) is 0. The summed E-state index contributed by atoms with van der Waals surface area (Å²) in [5.74, 6) is 0. The normalized spacial score (nSPS) is 11.7. The van der Waals surface area contributed by atoms with Gasteiger partial charge in [-0.05, 0) is 47.3 Å². The van der Waals surface area contributed by atoms with Crippen LogP contribution in [0.1, 0.15) is 0 Å². The molecule has 0 radical (unpaired) electrons. The second kappa shape index (κ2) is 11.0. The number of pyridine rings is 1. The van der Waals surface area contributed by atoms with E-state index >= 15 is 0 Å². The lowest BCUT2D eigenvalue weighted by Gasteiger charge is -2.27. The van der Waals surface area contributed by atoms with Gasteiger partial charge in [-0.1, -0.05) is 121 Å².